The summed E-state index contributed by atoms with van der Waals surface area (Å²) in [7, 11) is 0. The fraction of sp³-hybridized carbons (Fsp3) is 0.324. The second-order valence-electron chi connectivity index (χ2n) is 11.7. The average Bonchev–Trinajstić information content (AvgIpc) is 3.47. The second-order valence-corrected chi connectivity index (χ2v) is 11.7. The molecule has 1 atom stereocenters. The first-order valence-electron chi connectivity index (χ1n) is 14.9. The number of anilines is 1. The van der Waals surface area contributed by atoms with Crippen molar-refractivity contribution >= 4 is 23.8 Å². The van der Waals surface area contributed by atoms with E-state index in [1.807, 2.05) is 20.8 Å². The van der Waals surface area contributed by atoms with Crippen LogP contribution in [-0.2, 0) is 9.47 Å². The number of nitrogens with one attached hydrogen (secondary N) is 2. The Morgan fingerprint density at radius 1 is 1.00 bits per heavy atom. The maximum Gasteiger partial charge on any atom is 0.410 e. The van der Waals surface area contributed by atoms with Gasteiger partial charge in [0, 0.05) is 23.9 Å². The Bertz CT molecular complexity index is 1680. The number of hydrogen-bond donors (Lipinski definition) is 2. The van der Waals surface area contributed by atoms with Crippen molar-refractivity contribution < 1.29 is 28.2 Å². The minimum absolute atomic E-state index is 0.167. The largest absolute Gasteiger partial charge is 0.461 e. The number of hydrogen-bond acceptors (Lipinski definition) is 7. The number of amides is 2. The van der Waals surface area contributed by atoms with Gasteiger partial charge in [0.15, 0.2) is 5.69 Å². The highest BCUT2D eigenvalue weighted by molar-refractivity contribution is 6.04. The van der Waals surface area contributed by atoms with Gasteiger partial charge in [0.25, 0.3) is 5.91 Å². The van der Waals surface area contributed by atoms with E-state index in [1.54, 1.807) is 66.6 Å². The summed E-state index contributed by atoms with van der Waals surface area (Å²) in [6.45, 7) is 7.86. The summed E-state index contributed by atoms with van der Waals surface area (Å²) in [5, 5.41) is 2.79. The normalized spacial score (nSPS) is 15.0. The standard InChI is InChI=1S/C34H36FN5O5/c1-5-44-32(42)29-28(38-30(39-29)26-8-6-7-19-40(26)33(43)45-34(2,3)4)22-9-11-23(12-10-22)31(41)37-27-20-24(17-18-36-27)21-13-15-25(35)16-14-21/h9-18,20,26H,5-8,19H2,1-4H3,(H,38,39)(H,36,37,41). The third-order valence-corrected chi connectivity index (χ3v) is 7.25. The van der Waals surface area contributed by atoms with Crippen LogP contribution in [0.1, 0.15) is 79.7 Å². The lowest BCUT2D eigenvalue weighted by molar-refractivity contribution is 0.00853. The summed E-state index contributed by atoms with van der Waals surface area (Å²) in [6, 6.07) is 15.8. The Morgan fingerprint density at radius 2 is 1.71 bits per heavy atom. The molecule has 0 bridgehead atoms. The molecule has 1 unspecified atom stereocenters. The van der Waals surface area contributed by atoms with Gasteiger partial charge < -0.3 is 19.8 Å². The highest BCUT2D eigenvalue weighted by Crippen LogP contribution is 2.34. The van der Waals surface area contributed by atoms with E-state index < -0.39 is 23.7 Å². The Kier molecular flexibility index (Phi) is 9.26. The number of H-pyrrole nitrogens is 1. The predicted octanol–water partition coefficient (Wildman–Crippen LogP) is 7.17. The summed E-state index contributed by atoms with van der Waals surface area (Å²) < 4.78 is 24.3. The van der Waals surface area contributed by atoms with Gasteiger partial charge in [0.2, 0.25) is 0 Å². The van der Waals surface area contributed by atoms with Gasteiger partial charge in [-0.3, -0.25) is 9.69 Å². The number of ether oxygens (including phenoxy) is 2. The van der Waals surface area contributed by atoms with E-state index >= 15 is 0 Å². The molecule has 2 N–H and O–H groups in total. The van der Waals surface area contributed by atoms with E-state index in [2.05, 4.69) is 15.3 Å². The molecule has 2 amide bonds. The van der Waals surface area contributed by atoms with E-state index in [9.17, 15) is 18.8 Å². The molecule has 0 aliphatic carbocycles. The van der Waals surface area contributed by atoms with Crippen molar-refractivity contribution in [3.63, 3.8) is 0 Å². The molecule has 1 fully saturated rings. The highest BCUT2D eigenvalue weighted by Gasteiger charge is 2.34. The van der Waals surface area contributed by atoms with Crippen LogP contribution < -0.4 is 5.32 Å². The van der Waals surface area contributed by atoms with Gasteiger partial charge in [0.1, 0.15) is 28.8 Å². The summed E-state index contributed by atoms with van der Waals surface area (Å²) in [4.78, 5) is 52.9. The molecular formula is C34H36FN5O5. The van der Waals surface area contributed by atoms with Crippen molar-refractivity contribution in [1.82, 2.24) is 19.9 Å². The minimum atomic E-state index is -0.654. The lowest BCUT2D eigenvalue weighted by atomic mass is 10.0. The van der Waals surface area contributed by atoms with E-state index in [0.29, 0.717) is 41.4 Å². The number of esters is 1. The van der Waals surface area contributed by atoms with Gasteiger partial charge in [-0.1, -0.05) is 24.3 Å². The number of piperidine rings is 1. The Morgan fingerprint density at radius 3 is 2.40 bits per heavy atom. The summed E-state index contributed by atoms with van der Waals surface area (Å²) in [5.74, 6) is -0.474. The molecule has 5 rings (SSSR count). The van der Waals surface area contributed by atoms with Crippen LogP contribution >= 0.6 is 0 Å². The van der Waals surface area contributed by atoms with Crippen LogP contribution in [0, 0.1) is 5.82 Å². The van der Waals surface area contributed by atoms with Crippen LogP contribution in [0.25, 0.3) is 22.4 Å². The van der Waals surface area contributed by atoms with Crippen LogP contribution in [0.5, 0.6) is 0 Å². The summed E-state index contributed by atoms with van der Waals surface area (Å²) >= 11 is 0. The average molecular weight is 614 g/mol. The smallest absolute Gasteiger partial charge is 0.410 e. The Hall–Kier alpha value is -5.06. The van der Waals surface area contributed by atoms with Gasteiger partial charge in [0.05, 0.1) is 12.6 Å². The van der Waals surface area contributed by atoms with Crippen molar-refractivity contribution in [2.24, 2.45) is 0 Å². The summed E-state index contributed by atoms with van der Waals surface area (Å²) in [5.41, 5.74) is 2.40. The van der Waals surface area contributed by atoms with Crippen LogP contribution in [0.15, 0.2) is 66.9 Å². The second kappa shape index (κ2) is 13.3. The first-order chi connectivity index (χ1) is 21.5. The molecule has 1 aliphatic rings. The minimum Gasteiger partial charge on any atom is -0.461 e. The van der Waals surface area contributed by atoms with Gasteiger partial charge >= 0.3 is 12.1 Å². The van der Waals surface area contributed by atoms with E-state index in [1.165, 1.54) is 12.1 Å². The number of aromatic amines is 1. The van der Waals surface area contributed by atoms with Gasteiger partial charge in [-0.2, -0.15) is 0 Å². The van der Waals surface area contributed by atoms with E-state index in [-0.39, 0.29) is 24.0 Å². The number of rotatable bonds is 7. The SMILES string of the molecule is CCOC(=O)c1[nH]c(C2CCCCN2C(=O)OC(C)(C)C)nc1-c1ccc(C(=O)Nc2cc(-c3ccc(F)cc3)ccn2)cc1. The molecule has 1 aliphatic heterocycles. The fourth-order valence-electron chi connectivity index (χ4n) is 5.15. The molecule has 11 heteroatoms. The molecule has 1 saturated heterocycles. The lowest BCUT2D eigenvalue weighted by Crippen LogP contribution is -2.42. The molecule has 10 nitrogen and oxygen atoms in total. The maximum atomic E-state index is 13.3. The molecule has 45 heavy (non-hydrogen) atoms. The number of benzene rings is 2. The zero-order chi connectivity index (χ0) is 32.1. The van der Waals surface area contributed by atoms with Gasteiger partial charge in [-0.15, -0.1) is 0 Å². The van der Waals surface area contributed by atoms with Crippen molar-refractivity contribution in [3.8, 4) is 22.4 Å². The number of aromatic nitrogens is 3. The summed E-state index contributed by atoms with van der Waals surface area (Å²) in [6.07, 6.45) is 3.52. The number of pyridine rings is 1. The van der Waals surface area contributed by atoms with E-state index in [4.69, 9.17) is 14.5 Å². The first-order valence-corrected chi connectivity index (χ1v) is 14.9. The number of likely N-dealkylation sites (tertiary alicyclic amines) is 1. The third kappa shape index (κ3) is 7.54. The van der Waals surface area contributed by atoms with E-state index in [0.717, 1.165) is 24.0 Å². The Balaban J connectivity index is 1.38. The molecule has 0 spiro atoms. The number of carbonyl (C=O) groups excluding carboxylic acids is 3. The fourth-order valence-corrected chi connectivity index (χ4v) is 5.15. The Labute approximate surface area is 261 Å². The van der Waals surface area contributed by atoms with Gasteiger partial charge in [-0.25, -0.2) is 23.9 Å². The molecular weight excluding hydrogens is 577 g/mol. The topological polar surface area (TPSA) is 127 Å². The number of halogens is 1. The van der Waals surface area contributed by atoms with Crippen LogP contribution in [-0.4, -0.2) is 56.6 Å². The molecule has 3 heterocycles. The van der Waals surface area contributed by atoms with Crippen LogP contribution in [0.2, 0.25) is 0 Å². The molecule has 2 aromatic carbocycles. The molecule has 0 radical (unpaired) electrons. The highest BCUT2D eigenvalue weighted by atomic mass is 19.1. The zero-order valence-corrected chi connectivity index (χ0v) is 25.7. The van der Waals surface area contributed by atoms with Crippen LogP contribution in [0.3, 0.4) is 0 Å². The first kappa shape index (κ1) is 31.4. The quantitative estimate of drug-likeness (QED) is 0.212. The van der Waals surface area contributed by atoms with Crippen molar-refractivity contribution in [3.05, 3.63) is 89.8 Å². The number of imidazole rings is 1. The molecule has 4 aromatic rings. The monoisotopic (exact) mass is 613 g/mol. The van der Waals surface area contributed by atoms with Crippen LogP contribution in [0.4, 0.5) is 15.0 Å². The molecule has 0 saturated carbocycles. The number of carbonyl (C=O) groups is 3. The molecule has 2 aromatic heterocycles. The number of nitrogens with zero attached hydrogens (tertiary/aromatic N) is 3. The van der Waals surface area contributed by atoms with Crippen molar-refractivity contribution in [2.75, 3.05) is 18.5 Å². The third-order valence-electron chi connectivity index (χ3n) is 7.25. The molecule has 234 valence electrons. The van der Waals surface area contributed by atoms with Crippen molar-refractivity contribution in [2.45, 2.75) is 58.6 Å². The lowest BCUT2D eigenvalue weighted by Gasteiger charge is -2.35. The van der Waals surface area contributed by atoms with Crippen molar-refractivity contribution in [1.29, 1.82) is 0 Å². The predicted molar refractivity (Wildman–Crippen MR) is 167 cm³/mol. The van der Waals surface area contributed by atoms with Gasteiger partial charge in [-0.05, 0) is 94.5 Å². The maximum absolute atomic E-state index is 13.3. The zero-order valence-electron chi connectivity index (χ0n) is 25.7.